The second-order valence-corrected chi connectivity index (χ2v) is 4.37. The number of Topliss-reactive ketones (excluding diaryl/α,β-unsaturated/α-hetero) is 1. The van der Waals surface area contributed by atoms with E-state index in [1.165, 1.54) is 6.92 Å². The van der Waals surface area contributed by atoms with Crippen molar-refractivity contribution in [3.8, 4) is 0 Å². The number of carbonyl (C=O) groups excluding carboxylic acids is 2. The number of amides is 1. The standard InChI is InChI=1S/C11H21NO2/c1-7(2)6-8(3)11(14)12-9(4)10(5)13/h7-9H,6H2,1-5H3,(H,12,14)/t8-,9+/m1/s1. The predicted octanol–water partition coefficient (Wildman–Crippen LogP) is 1.76. The Morgan fingerprint density at radius 3 is 2.00 bits per heavy atom. The minimum Gasteiger partial charge on any atom is -0.346 e. The van der Waals surface area contributed by atoms with Gasteiger partial charge >= 0.3 is 0 Å². The van der Waals surface area contributed by atoms with E-state index >= 15 is 0 Å². The molecule has 0 aromatic carbocycles. The quantitative estimate of drug-likeness (QED) is 0.733. The van der Waals surface area contributed by atoms with Crippen molar-refractivity contribution in [3.63, 3.8) is 0 Å². The largest absolute Gasteiger partial charge is 0.346 e. The molecular weight excluding hydrogens is 178 g/mol. The lowest BCUT2D eigenvalue weighted by Crippen LogP contribution is -2.40. The van der Waals surface area contributed by atoms with Gasteiger partial charge in [-0.05, 0) is 26.2 Å². The van der Waals surface area contributed by atoms with Gasteiger partial charge in [-0.25, -0.2) is 0 Å². The number of carbonyl (C=O) groups is 2. The second kappa shape index (κ2) is 5.78. The molecule has 0 aromatic rings. The normalized spacial score (nSPS) is 15.0. The van der Waals surface area contributed by atoms with Crippen LogP contribution in [0.1, 0.15) is 41.0 Å². The summed E-state index contributed by atoms with van der Waals surface area (Å²) in [5.41, 5.74) is 0. The minimum atomic E-state index is -0.364. The van der Waals surface area contributed by atoms with Crippen LogP contribution in [-0.2, 0) is 9.59 Å². The predicted molar refractivity (Wildman–Crippen MR) is 56.9 cm³/mol. The van der Waals surface area contributed by atoms with Gasteiger partial charge in [0.05, 0.1) is 6.04 Å². The molecule has 1 amide bonds. The monoisotopic (exact) mass is 199 g/mol. The molecule has 0 aliphatic rings. The molecular formula is C11H21NO2. The van der Waals surface area contributed by atoms with Gasteiger partial charge in [0.25, 0.3) is 0 Å². The summed E-state index contributed by atoms with van der Waals surface area (Å²) >= 11 is 0. The van der Waals surface area contributed by atoms with Gasteiger partial charge in [0.15, 0.2) is 5.78 Å². The van der Waals surface area contributed by atoms with Crippen LogP contribution in [0.25, 0.3) is 0 Å². The molecule has 0 unspecified atom stereocenters. The van der Waals surface area contributed by atoms with Crippen LogP contribution in [-0.4, -0.2) is 17.7 Å². The van der Waals surface area contributed by atoms with E-state index in [1.54, 1.807) is 6.92 Å². The van der Waals surface area contributed by atoms with Crippen molar-refractivity contribution in [3.05, 3.63) is 0 Å². The number of nitrogens with one attached hydrogen (secondary N) is 1. The zero-order valence-corrected chi connectivity index (χ0v) is 9.76. The summed E-state index contributed by atoms with van der Waals surface area (Å²) < 4.78 is 0. The molecule has 0 radical (unpaired) electrons. The van der Waals surface area contributed by atoms with Gasteiger partial charge < -0.3 is 5.32 Å². The average molecular weight is 199 g/mol. The highest BCUT2D eigenvalue weighted by molar-refractivity contribution is 5.87. The van der Waals surface area contributed by atoms with Gasteiger partial charge in [0.1, 0.15) is 0 Å². The SMILES string of the molecule is CC(=O)[C@H](C)NC(=O)[C@H](C)CC(C)C. The Morgan fingerprint density at radius 2 is 1.64 bits per heavy atom. The fourth-order valence-electron chi connectivity index (χ4n) is 1.27. The summed E-state index contributed by atoms with van der Waals surface area (Å²) in [7, 11) is 0. The van der Waals surface area contributed by atoms with Crippen molar-refractivity contribution in [2.75, 3.05) is 0 Å². The highest BCUT2D eigenvalue weighted by Gasteiger charge is 2.17. The van der Waals surface area contributed by atoms with Crippen molar-refractivity contribution in [2.24, 2.45) is 11.8 Å². The summed E-state index contributed by atoms with van der Waals surface area (Å²) in [5.74, 6) is 0.455. The van der Waals surface area contributed by atoms with E-state index in [1.807, 2.05) is 6.92 Å². The zero-order chi connectivity index (χ0) is 11.3. The zero-order valence-electron chi connectivity index (χ0n) is 9.76. The van der Waals surface area contributed by atoms with Crippen LogP contribution < -0.4 is 5.32 Å². The summed E-state index contributed by atoms with van der Waals surface area (Å²) in [6, 6.07) is -0.364. The summed E-state index contributed by atoms with van der Waals surface area (Å²) in [4.78, 5) is 22.4. The van der Waals surface area contributed by atoms with E-state index in [9.17, 15) is 9.59 Å². The number of hydrogen-bond donors (Lipinski definition) is 1. The molecule has 3 nitrogen and oxygen atoms in total. The van der Waals surface area contributed by atoms with Gasteiger partial charge in [0, 0.05) is 5.92 Å². The topological polar surface area (TPSA) is 46.2 Å². The van der Waals surface area contributed by atoms with Gasteiger partial charge in [-0.15, -0.1) is 0 Å². The Morgan fingerprint density at radius 1 is 1.14 bits per heavy atom. The molecule has 0 aliphatic carbocycles. The second-order valence-electron chi connectivity index (χ2n) is 4.37. The van der Waals surface area contributed by atoms with Crippen molar-refractivity contribution in [2.45, 2.75) is 47.1 Å². The molecule has 0 bridgehead atoms. The molecule has 0 saturated heterocycles. The Kier molecular flexibility index (Phi) is 5.43. The molecule has 3 heteroatoms. The maximum absolute atomic E-state index is 11.5. The van der Waals surface area contributed by atoms with Crippen LogP contribution in [0.5, 0.6) is 0 Å². The molecule has 1 N–H and O–H groups in total. The lowest BCUT2D eigenvalue weighted by atomic mass is 9.98. The van der Waals surface area contributed by atoms with E-state index in [4.69, 9.17) is 0 Å². The van der Waals surface area contributed by atoms with Gasteiger partial charge in [0.2, 0.25) is 5.91 Å². The van der Waals surface area contributed by atoms with Crippen molar-refractivity contribution in [1.82, 2.24) is 5.32 Å². The highest BCUT2D eigenvalue weighted by atomic mass is 16.2. The molecule has 14 heavy (non-hydrogen) atoms. The van der Waals surface area contributed by atoms with Crippen LogP contribution >= 0.6 is 0 Å². The van der Waals surface area contributed by atoms with E-state index in [0.717, 1.165) is 6.42 Å². The first-order valence-electron chi connectivity index (χ1n) is 5.15. The summed E-state index contributed by atoms with van der Waals surface area (Å²) in [6.07, 6.45) is 0.858. The molecule has 0 fully saturated rings. The number of rotatable bonds is 5. The van der Waals surface area contributed by atoms with Crippen molar-refractivity contribution >= 4 is 11.7 Å². The Hall–Kier alpha value is -0.860. The molecule has 0 saturated carbocycles. The van der Waals surface area contributed by atoms with Crippen LogP contribution in [0.3, 0.4) is 0 Å². The average Bonchev–Trinajstić information content (AvgIpc) is 2.02. The molecule has 0 aliphatic heterocycles. The molecule has 82 valence electrons. The van der Waals surface area contributed by atoms with Gasteiger partial charge in [-0.2, -0.15) is 0 Å². The smallest absolute Gasteiger partial charge is 0.223 e. The van der Waals surface area contributed by atoms with Gasteiger partial charge in [-0.3, -0.25) is 9.59 Å². The lowest BCUT2D eigenvalue weighted by molar-refractivity contribution is -0.129. The molecule has 0 heterocycles. The van der Waals surface area contributed by atoms with E-state index in [-0.39, 0.29) is 23.7 Å². The maximum atomic E-state index is 11.5. The first kappa shape index (κ1) is 13.1. The molecule has 0 aromatic heterocycles. The Labute approximate surface area is 86.3 Å². The first-order chi connectivity index (χ1) is 6.34. The van der Waals surface area contributed by atoms with Crippen LogP contribution in [0.2, 0.25) is 0 Å². The fourth-order valence-corrected chi connectivity index (χ4v) is 1.27. The van der Waals surface area contributed by atoms with E-state index in [2.05, 4.69) is 19.2 Å². The minimum absolute atomic E-state index is 0.00454. The van der Waals surface area contributed by atoms with Gasteiger partial charge in [-0.1, -0.05) is 20.8 Å². The first-order valence-corrected chi connectivity index (χ1v) is 5.15. The molecule has 2 atom stereocenters. The highest BCUT2D eigenvalue weighted by Crippen LogP contribution is 2.10. The number of hydrogen-bond acceptors (Lipinski definition) is 2. The maximum Gasteiger partial charge on any atom is 0.223 e. The Bertz CT molecular complexity index is 211. The van der Waals surface area contributed by atoms with Crippen LogP contribution in [0.15, 0.2) is 0 Å². The number of ketones is 1. The van der Waals surface area contributed by atoms with Crippen LogP contribution in [0.4, 0.5) is 0 Å². The van der Waals surface area contributed by atoms with Crippen LogP contribution in [0, 0.1) is 11.8 Å². The fraction of sp³-hybridized carbons (Fsp3) is 0.818. The van der Waals surface area contributed by atoms with Crippen molar-refractivity contribution < 1.29 is 9.59 Å². The lowest BCUT2D eigenvalue weighted by Gasteiger charge is -2.16. The van der Waals surface area contributed by atoms with Crippen molar-refractivity contribution in [1.29, 1.82) is 0 Å². The third-order valence-electron chi connectivity index (χ3n) is 2.24. The van der Waals surface area contributed by atoms with E-state index in [0.29, 0.717) is 5.92 Å². The summed E-state index contributed by atoms with van der Waals surface area (Å²) in [5, 5.41) is 2.70. The Balaban J connectivity index is 4.01. The third-order valence-corrected chi connectivity index (χ3v) is 2.24. The van der Waals surface area contributed by atoms with E-state index < -0.39 is 0 Å². The molecule has 0 rings (SSSR count). The molecule has 0 spiro atoms. The third kappa shape index (κ3) is 5.00. The summed E-state index contributed by atoms with van der Waals surface area (Å²) in [6.45, 7) is 9.25.